The lowest BCUT2D eigenvalue weighted by molar-refractivity contribution is 0.579. The maximum absolute atomic E-state index is 12.9. The lowest BCUT2D eigenvalue weighted by Gasteiger charge is -2.09. The minimum Gasteiger partial charge on any atom is -0.242 e. The summed E-state index contributed by atoms with van der Waals surface area (Å²) in [6.07, 6.45) is 0.532. The molecule has 0 spiro atoms. The fraction of sp³-hybridized carbons (Fsp3) is 0.161. The number of fused-ring (bicyclic) bond motifs is 2. The van der Waals surface area contributed by atoms with Crippen LogP contribution in [0.3, 0.4) is 0 Å². The van der Waals surface area contributed by atoms with Crippen molar-refractivity contribution in [3.8, 4) is 0 Å². The molecule has 6 rings (SSSR count). The maximum Gasteiger partial charge on any atom is 0.240 e. The van der Waals surface area contributed by atoms with Crippen LogP contribution in [0, 0.1) is 13.8 Å². The summed E-state index contributed by atoms with van der Waals surface area (Å²) in [6.45, 7) is 4.26. The molecule has 0 unspecified atom stereocenters. The molecule has 0 radical (unpaired) electrons. The quantitative estimate of drug-likeness (QED) is 0.186. The van der Waals surface area contributed by atoms with Crippen molar-refractivity contribution in [2.45, 2.75) is 43.1 Å². The summed E-state index contributed by atoms with van der Waals surface area (Å²) in [7, 11) is -7.38. The van der Waals surface area contributed by atoms with Gasteiger partial charge in [0.2, 0.25) is 20.0 Å². The van der Waals surface area contributed by atoms with E-state index in [4.69, 9.17) is 0 Å². The number of hydrogen-bond donors (Lipinski definition) is 2. The van der Waals surface area contributed by atoms with Crippen molar-refractivity contribution in [3.63, 3.8) is 0 Å². The second-order valence-corrected chi connectivity index (χ2v) is 16.2. The van der Waals surface area contributed by atoms with Crippen LogP contribution in [0.25, 0.3) is 20.4 Å². The Kier molecular flexibility index (Phi) is 8.16. The maximum atomic E-state index is 12.9. The minimum absolute atomic E-state index is 0.183. The fourth-order valence-electron chi connectivity index (χ4n) is 4.72. The third-order valence-electron chi connectivity index (χ3n) is 6.93. The Balaban J connectivity index is 1.05. The van der Waals surface area contributed by atoms with Crippen molar-refractivity contribution in [2.24, 2.45) is 0 Å². The van der Waals surface area contributed by atoms with E-state index >= 15 is 0 Å². The van der Waals surface area contributed by atoms with Gasteiger partial charge in [-0.1, -0.05) is 36.4 Å². The van der Waals surface area contributed by atoms with E-state index in [0.717, 1.165) is 52.7 Å². The topological polar surface area (TPSA) is 118 Å². The molecule has 0 bridgehead atoms. The van der Waals surface area contributed by atoms with E-state index in [0.29, 0.717) is 6.42 Å². The van der Waals surface area contributed by atoms with Crippen LogP contribution in [-0.2, 0) is 39.6 Å². The van der Waals surface area contributed by atoms with E-state index in [-0.39, 0.29) is 22.9 Å². The molecule has 2 N–H and O–H groups in total. The van der Waals surface area contributed by atoms with Gasteiger partial charge < -0.3 is 0 Å². The first-order valence-corrected chi connectivity index (χ1v) is 18.0. The van der Waals surface area contributed by atoms with Gasteiger partial charge >= 0.3 is 0 Å². The Labute approximate surface area is 258 Å². The zero-order chi connectivity index (χ0) is 30.2. The molecular formula is C31H28N4O4S4. The third-order valence-corrected chi connectivity index (χ3v) is 11.6. The van der Waals surface area contributed by atoms with Crippen molar-refractivity contribution in [1.82, 2.24) is 19.4 Å². The van der Waals surface area contributed by atoms with Gasteiger partial charge in [0.1, 0.15) is 0 Å². The number of thiazole rings is 2. The average Bonchev–Trinajstić information content (AvgIpc) is 3.55. The standard InChI is InChI=1S/C31H28N4O4S4/c1-20-34-28-13-7-24(16-30(28)40-20)18-32-42(36,37)26-9-3-22(4-10-26)15-23-5-11-27(12-6-23)43(38,39)33-19-25-8-14-29-31(17-25)41-21(2)35-29/h3-14,16-17,32-33H,15,18-19H2,1-2H3. The summed E-state index contributed by atoms with van der Waals surface area (Å²) < 4.78 is 59.0. The summed E-state index contributed by atoms with van der Waals surface area (Å²) in [5, 5.41) is 1.94. The van der Waals surface area contributed by atoms with Gasteiger partial charge in [0.05, 0.1) is 40.2 Å². The van der Waals surface area contributed by atoms with Crippen molar-refractivity contribution < 1.29 is 16.8 Å². The van der Waals surface area contributed by atoms with Crippen molar-refractivity contribution in [1.29, 1.82) is 0 Å². The highest BCUT2D eigenvalue weighted by Gasteiger charge is 2.16. The molecule has 0 aliphatic rings. The average molecular weight is 649 g/mol. The first-order chi connectivity index (χ1) is 20.5. The molecule has 0 saturated carbocycles. The van der Waals surface area contributed by atoms with Crippen molar-refractivity contribution in [2.75, 3.05) is 0 Å². The molecule has 220 valence electrons. The minimum atomic E-state index is -3.69. The Bertz CT molecular complexity index is 2000. The third kappa shape index (κ3) is 6.85. The normalized spacial score (nSPS) is 12.3. The smallest absolute Gasteiger partial charge is 0.240 e. The molecule has 0 amide bonds. The van der Waals surface area contributed by atoms with Crippen LogP contribution in [0.5, 0.6) is 0 Å². The number of nitrogens with one attached hydrogen (secondary N) is 2. The lowest BCUT2D eigenvalue weighted by Crippen LogP contribution is -2.23. The molecule has 0 atom stereocenters. The van der Waals surface area contributed by atoms with E-state index < -0.39 is 20.0 Å². The van der Waals surface area contributed by atoms with Gasteiger partial charge in [0.15, 0.2) is 0 Å². The number of hydrogen-bond acceptors (Lipinski definition) is 8. The van der Waals surface area contributed by atoms with Crippen LogP contribution in [0.15, 0.2) is 94.7 Å². The first kappa shape index (κ1) is 29.5. The van der Waals surface area contributed by atoms with Crippen LogP contribution in [0.2, 0.25) is 0 Å². The Hall–Kier alpha value is -3.52. The Morgan fingerprint density at radius 2 is 0.930 bits per heavy atom. The molecule has 8 nitrogen and oxygen atoms in total. The SMILES string of the molecule is Cc1nc2ccc(CNS(=O)(=O)c3ccc(Cc4ccc(S(=O)(=O)NCc5ccc6nc(C)sc6c5)cc4)cc3)cc2s1. The second kappa shape index (κ2) is 11.9. The van der Waals surface area contributed by atoms with E-state index in [2.05, 4.69) is 19.4 Å². The number of nitrogens with zero attached hydrogens (tertiary/aromatic N) is 2. The zero-order valence-electron chi connectivity index (χ0n) is 23.4. The molecule has 43 heavy (non-hydrogen) atoms. The largest absolute Gasteiger partial charge is 0.242 e. The highest BCUT2D eigenvalue weighted by Crippen LogP contribution is 2.24. The van der Waals surface area contributed by atoms with Crippen molar-refractivity contribution >= 4 is 63.2 Å². The number of rotatable bonds is 10. The molecular weight excluding hydrogens is 621 g/mol. The van der Waals surface area contributed by atoms with Gasteiger partial charge in [-0.15, -0.1) is 22.7 Å². The van der Waals surface area contributed by atoms with E-state index in [1.165, 1.54) is 0 Å². The molecule has 0 aliphatic carbocycles. The van der Waals surface area contributed by atoms with E-state index in [1.54, 1.807) is 71.2 Å². The molecule has 0 saturated heterocycles. The summed E-state index contributed by atoms with van der Waals surface area (Å²) in [5.41, 5.74) is 5.37. The summed E-state index contributed by atoms with van der Waals surface area (Å²) >= 11 is 3.16. The summed E-state index contributed by atoms with van der Waals surface area (Å²) in [6, 6.07) is 24.9. The van der Waals surface area contributed by atoms with E-state index in [9.17, 15) is 16.8 Å². The number of aryl methyl sites for hydroxylation is 2. The van der Waals surface area contributed by atoms with Crippen LogP contribution in [-0.4, -0.2) is 26.8 Å². The monoisotopic (exact) mass is 648 g/mol. The predicted molar refractivity (Wildman–Crippen MR) is 172 cm³/mol. The molecule has 2 aromatic heterocycles. The summed E-state index contributed by atoms with van der Waals surface area (Å²) in [5.74, 6) is 0. The fourth-order valence-corrected chi connectivity index (χ4v) is 8.54. The Morgan fingerprint density at radius 1 is 0.558 bits per heavy atom. The number of aromatic nitrogens is 2. The summed E-state index contributed by atoms with van der Waals surface area (Å²) in [4.78, 5) is 9.24. The van der Waals surface area contributed by atoms with Gasteiger partial charge in [0, 0.05) is 13.1 Å². The van der Waals surface area contributed by atoms with Crippen LogP contribution in [0.4, 0.5) is 0 Å². The first-order valence-electron chi connectivity index (χ1n) is 13.4. The Morgan fingerprint density at radius 3 is 1.33 bits per heavy atom. The molecule has 0 fully saturated rings. The molecule has 0 aliphatic heterocycles. The van der Waals surface area contributed by atoms with Gasteiger partial charge in [0.25, 0.3) is 0 Å². The van der Waals surface area contributed by atoms with Crippen molar-refractivity contribution in [3.05, 3.63) is 117 Å². The zero-order valence-corrected chi connectivity index (χ0v) is 26.6. The number of benzene rings is 4. The van der Waals surface area contributed by atoms with Crippen LogP contribution in [0.1, 0.15) is 32.3 Å². The van der Waals surface area contributed by atoms with Gasteiger partial charge in [-0.3, -0.25) is 0 Å². The second-order valence-electron chi connectivity index (χ2n) is 10.2. The van der Waals surface area contributed by atoms with E-state index in [1.807, 2.05) is 50.2 Å². The number of sulfonamides is 2. The molecule has 2 heterocycles. The highest BCUT2D eigenvalue weighted by molar-refractivity contribution is 7.89. The van der Waals surface area contributed by atoms with Crippen LogP contribution < -0.4 is 9.44 Å². The molecule has 6 aromatic rings. The molecule has 12 heteroatoms. The molecule has 4 aromatic carbocycles. The van der Waals surface area contributed by atoms with Gasteiger partial charge in [-0.25, -0.2) is 36.2 Å². The van der Waals surface area contributed by atoms with Gasteiger partial charge in [-0.2, -0.15) is 0 Å². The highest BCUT2D eigenvalue weighted by atomic mass is 32.2. The van der Waals surface area contributed by atoms with Gasteiger partial charge in [-0.05, 0) is 91.1 Å². The lowest BCUT2D eigenvalue weighted by atomic mass is 10.1. The predicted octanol–water partition coefficient (Wildman–Crippen LogP) is 6.07. The van der Waals surface area contributed by atoms with Crippen LogP contribution >= 0.6 is 22.7 Å².